The van der Waals surface area contributed by atoms with Crippen LogP contribution in [-0.4, -0.2) is 53.1 Å². The molecule has 1 aromatic heterocycles. The summed E-state index contributed by atoms with van der Waals surface area (Å²) in [4.78, 5) is 38.8. The van der Waals surface area contributed by atoms with E-state index in [1.807, 2.05) is 29.1 Å². The number of methoxy groups -OCH3 is 1. The summed E-state index contributed by atoms with van der Waals surface area (Å²) in [7, 11) is 1.50. The highest BCUT2D eigenvalue weighted by Crippen LogP contribution is 2.35. The van der Waals surface area contributed by atoms with Crippen molar-refractivity contribution in [3.05, 3.63) is 47.2 Å². The third kappa shape index (κ3) is 3.99. The van der Waals surface area contributed by atoms with E-state index in [1.54, 1.807) is 12.1 Å². The number of aromatic nitrogens is 1. The molecule has 1 aliphatic heterocycles. The number of nitrogens with zero attached hydrogens (tertiary/aromatic N) is 2. The first-order valence-electron chi connectivity index (χ1n) is 10.4. The number of hydrogen-bond donors (Lipinski definition) is 2. The van der Waals surface area contributed by atoms with Crippen molar-refractivity contribution in [2.75, 3.05) is 20.2 Å². The average Bonchev–Trinajstić information content (AvgIpc) is 3.49. The summed E-state index contributed by atoms with van der Waals surface area (Å²) in [6.07, 6.45) is 7.46. The summed E-state index contributed by atoms with van der Waals surface area (Å²) in [6.45, 7) is 0.570. The van der Waals surface area contributed by atoms with Gasteiger partial charge in [-0.2, -0.15) is 0 Å². The number of halogens is 1. The van der Waals surface area contributed by atoms with E-state index < -0.39 is 5.54 Å². The lowest BCUT2D eigenvalue weighted by Gasteiger charge is -2.20. The van der Waals surface area contributed by atoms with Crippen LogP contribution in [0.5, 0.6) is 5.75 Å². The second kappa shape index (κ2) is 8.63. The Hall–Kier alpha value is -3.00. The van der Waals surface area contributed by atoms with Crippen molar-refractivity contribution in [1.82, 2.24) is 20.1 Å². The van der Waals surface area contributed by atoms with Gasteiger partial charge in [0.1, 0.15) is 11.3 Å². The molecule has 2 N–H and O–H groups in total. The van der Waals surface area contributed by atoms with Crippen LogP contribution in [0.25, 0.3) is 5.69 Å². The van der Waals surface area contributed by atoms with Gasteiger partial charge in [0.2, 0.25) is 0 Å². The number of hydrogen-bond acceptors (Lipinski definition) is 4. The molecule has 1 aromatic carbocycles. The number of carbonyl (C=O) groups excluding carboxylic acids is 3. The highest BCUT2D eigenvalue weighted by molar-refractivity contribution is 6.33. The number of urea groups is 1. The van der Waals surface area contributed by atoms with E-state index in [2.05, 4.69) is 10.6 Å². The Morgan fingerprint density at radius 1 is 1.23 bits per heavy atom. The fourth-order valence-electron chi connectivity index (χ4n) is 4.31. The van der Waals surface area contributed by atoms with Crippen LogP contribution in [0, 0.1) is 0 Å². The molecule has 1 saturated heterocycles. The molecule has 0 atom stereocenters. The predicted octanol–water partition coefficient (Wildman–Crippen LogP) is 3.12. The van der Waals surface area contributed by atoms with Crippen molar-refractivity contribution < 1.29 is 19.1 Å². The molecule has 4 amide bonds. The fraction of sp³-hybridized carbons (Fsp3) is 0.409. The van der Waals surface area contributed by atoms with Crippen molar-refractivity contribution >= 4 is 29.4 Å². The third-order valence-electron chi connectivity index (χ3n) is 5.94. The van der Waals surface area contributed by atoms with Crippen LogP contribution in [-0.2, 0) is 4.79 Å². The molecule has 9 heteroatoms. The molecule has 2 aromatic rings. The molecule has 1 aliphatic carbocycles. The van der Waals surface area contributed by atoms with Gasteiger partial charge in [0.15, 0.2) is 0 Å². The van der Waals surface area contributed by atoms with Crippen LogP contribution in [0.15, 0.2) is 36.7 Å². The van der Waals surface area contributed by atoms with E-state index in [0.29, 0.717) is 47.8 Å². The monoisotopic (exact) mass is 444 g/mol. The van der Waals surface area contributed by atoms with Crippen LogP contribution in [0.4, 0.5) is 4.79 Å². The molecule has 31 heavy (non-hydrogen) atoms. The van der Waals surface area contributed by atoms with E-state index in [-0.39, 0.29) is 24.4 Å². The normalized spacial score (nSPS) is 17.3. The van der Waals surface area contributed by atoms with Crippen molar-refractivity contribution in [1.29, 1.82) is 0 Å². The second-order valence-electron chi connectivity index (χ2n) is 7.88. The van der Waals surface area contributed by atoms with Gasteiger partial charge in [-0.3, -0.25) is 14.5 Å². The zero-order valence-corrected chi connectivity index (χ0v) is 18.1. The molecule has 0 bridgehead atoms. The van der Waals surface area contributed by atoms with Gasteiger partial charge in [-0.05, 0) is 37.5 Å². The Balaban J connectivity index is 1.35. The predicted molar refractivity (Wildman–Crippen MR) is 116 cm³/mol. The Bertz CT molecular complexity index is 999. The Morgan fingerprint density at radius 2 is 1.94 bits per heavy atom. The van der Waals surface area contributed by atoms with E-state index in [9.17, 15) is 14.4 Å². The second-order valence-corrected chi connectivity index (χ2v) is 8.29. The number of rotatable bonds is 7. The molecule has 2 fully saturated rings. The number of nitrogens with one attached hydrogen (secondary N) is 2. The molecule has 1 spiro atoms. The summed E-state index contributed by atoms with van der Waals surface area (Å²) in [6, 6.07) is 6.71. The van der Waals surface area contributed by atoms with Gasteiger partial charge in [0, 0.05) is 31.5 Å². The molecule has 2 heterocycles. The number of imide groups is 1. The molecule has 4 rings (SSSR count). The molecule has 8 nitrogen and oxygen atoms in total. The molecule has 2 aliphatic rings. The van der Waals surface area contributed by atoms with Crippen LogP contribution in [0.2, 0.25) is 5.02 Å². The summed E-state index contributed by atoms with van der Waals surface area (Å²) in [5.74, 6) is -0.0690. The van der Waals surface area contributed by atoms with E-state index >= 15 is 0 Å². The highest BCUT2D eigenvalue weighted by atomic mass is 35.5. The molecular formula is C22H25ClN4O4. The van der Waals surface area contributed by atoms with Gasteiger partial charge in [-0.1, -0.05) is 24.4 Å². The SMILES string of the molecule is COc1cc(-n2cccc2)c(Cl)cc1C(=O)NCCCN1C(=O)NC2(CCCC2)C1=O. The summed E-state index contributed by atoms with van der Waals surface area (Å²) in [5.41, 5.74) is 0.328. The zero-order valence-electron chi connectivity index (χ0n) is 17.3. The van der Waals surface area contributed by atoms with Crippen LogP contribution in [0.3, 0.4) is 0 Å². The molecule has 164 valence electrons. The van der Waals surface area contributed by atoms with Gasteiger partial charge in [-0.25, -0.2) is 4.79 Å². The summed E-state index contributed by atoms with van der Waals surface area (Å²) < 4.78 is 7.23. The number of ether oxygens (including phenoxy) is 1. The first kappa shape index (κ1) is 21.2. The lowest BCUT2D eigenvalue weighted by Crippen LogP contribution is -2.44. The minimum absolute atomic E-state index is 0.143. The zero-order chi connectivity index (χ0) is 22.0. The quantitative estimate of drug-likeness (QED) is 0.507. The lowest BCUT2D eigenvalue weighted by molar-refractivity contribution is -0.131. The number of benzene rings is 1. The van der Waals surface area contributed by atoms with Gasteiger partial charge in [-0.15, -0.1) is 0 Å². The summed E-state index contributed by atoms with van der Waals surface area (Å²) >= 11 is 6.39. The Kier molecular flexibility index (Phi) is 5.91. The van der Waals surface area contributed by atoms with Gasteiger partial charge >= 0.3 is 6.03 Å². The van der Waals surface area contributed by atoms with Gasteiger partial charge in [0.05, 0.1) is 23.4 Å². The maximum absolute atomic E-state index is 12.7. The van der Waals surface area contributed by atoms with Crippen LogP contribution >= 0.6 is 11.6 Å². The minimum atomic E-state index is -0.702. The minimum Gasteiger partial charge on any atom is -0.496 e. The van der Waals surface area contributed by atoms with E-state index in [0.717, 1.165) is 12.8 Å². The third-order valence-corrected chi connectivity index (χ3v) is 6.25. The van der Waals surface area contributed by atoms with Crippen molar-refractivity contribution in [3.63, 3.8) is 0 Å². The van der Waals surface area contributed by atoms with Crippen LogP contribution in [0.1, 0.15) is 42.5 Å². The molecule has 0 radical (unpaired) electrons. The van der Waals surface area contributed by atoms with Gasteiger partial charge < -0.3 is 19.9 Å². The van der Waals surface area contributed by atoms with Gasteiger partial charge in [0.25, 0.3) is 11.8 Å². The molecular weight excluding hydrogens is 420 g/mol. The number of amides is 4. The van der Waals surface area contributed by atoms with E-state index in [4.69, 9.17) is 16.3 Å². The standard InChI is InChI=1S/C22H25ClN4O4/c1-31-18-14-17(26-10-4-5-11-26)16(23)13-15(18)19(28)24-9-6-12-27-20(29)22(25-21(27)30)7-2-3-8-22/h4-5,10-11,13-14H,2-3,6-9,12H2,1H3,(H,24,28)(H,25,30). The van der Waals surface area contributed by atoms with Crippen molar-refractivity contribution in [2.45, 2.75) is 37.6 Å². The Labute approximate surface area is 185 Å². The van der Waals surface area contributed by atoms with Crippen molar-refractivity contribution in [2.24, 2.45) is 0 Å². The maximum Gasteiger partial charge on any atom is 0.325 e. The smallest absolute Gasteiger partial charge is 0.325 e. The van der Waals surface area contributed by atoms with Crippen LogP contribution < -0.4 is 15.4 Å². The first-order chi connectivity index (χ1) is 14.9. The average molecular weight is 445 g/mol. The lowest BCUT2D eigenvalue weighted by atomic mass is 9.98. The fourth-order valence-corrected chi connectivity index (χ4v) is 4.57. The summed E-state index contributed by atoms with van der Waals surface area (Å²) in [5, 5.41) is 6.10. The largest absolute Gasteiger partial charge is 0.496 e. The van der Waals surface area contributed by atoms with Crippen molar-refractivity contribution in [3.8, 4) is 11.4 Å². The number of carbonyl (C=O) groups is 3. The Morgan fingerprint density at radius 3 is 2.61 bits per heavy atom. The van der Waals surface area contributed by atoms with E-state index in [1.165, 1.54) is 12.0 Å². The highest BCUT2D eigenvalue weighted by Gasteiger charge is 2.51. The molecule has 0 unspecified atom stereocenters. The first-order valence-corrected chi connectivity index (χ1v) is 10.8. The topological polar surface area (TPSA) is 92.7 Å². The molecule has 1 saturated carbocycles. The maximum atomic E-state index is 12.7.